The van der Waals surface area contributed by atoms with Crippen LogP contribution >= 0.6 is 0 Å². The number of nitrogens with two attached hydrogens (primary N) is 1. The molecule has 0 bridgehead atoms. The third kappa shape index (κ3) is 11.9. The molecule has 2 N–H and O–H groups in total. The van der Waals surface area contributed by atoms with Gasteiger partial charge in [0, 0.05) is 13.7 Å². The van der Waals surface area contributed by atoms with E-state index in [9.17, 15) is 0 Å². The van der Waals surface area contributed by atoms with Crippen LogP contribution in [0.2, 0.25) is 0 Å². The highest BCUT2D eigenvalue weighted by Gasteiger charge is 1.98. The smallest absolute Gasteiger partial charge is 0.0700 e. The summed E-state index contributed by atoms with van der Waals surface area (Å²) >= 11 is 0. The van der Waals surface area contributed by atoms with E-state index in [0.29, 0.717) is 13.2 Å². The summed E-state index contributed by atoms with van der Waals surface area (Å²) in [7, 11) is 3.83. The molecule has 0 aromatic rings. The zero-order valence-corrected chi connectivity index (χ0v) is 10.9. The average molecular weight is 232 g/mol. The average Bonchev–Trinajstić information content (AvgIpc) is 2.28. The lowest BCUT2D eigenvalue weighted by molar-refractivity contribution is 0.0604. The van der Waals surface area contributed by atoms with Crippen LogP contribution in [0.25, 0.3) is 0 Å². The minimum Gasteiger partial charge on any atom is -0.382 e. The third-order valence-corrected chi connectivity index (χ3v) is 2.54. The first-order chi connectivity index (χ1) is 7.81. The van der Waals surface area contributed by atoms with Gasteiger partial charge in [-0.3, -0.25) is 0 Å². The molecule has 0 aliphatic carbocycles. The molecule has 0 rings (SSSR count). The predicted molar refractivity (Wildman–Crippen MR) is 67.7 cm³/mol. The maximum Gasteiger partial charge on any atom is 0.0700 e. The minimum atomic E-state index is 0.683. The predicted octanol–water partition coefficient (Wildman–Crippen LogP) is 1.10. The van der Waals surface area contributed by atoms with Gasteiger partial charge in [0.05, 0.1) is 19.8 Å². The van der Waals surface area contributed by atoms with E-state index >= 15 is 0 Å². The fraction of sp³-hybridized carbons (Fsp3) is 1.00. The number of hydrogen-bond donors (Lipinski definition) is 1. The van der Waals surface area contributed by atoms with Crippen molar-refractivity contribution in [2.75, 3.05) is 53.6 Å². The van der Waals surface area contributed by atoms with Crippen LogP contribution < -0.4 is 5.73 Å². The van der Waals surface area contributed by atoms with Crippen molar-refractivity contribution >= 4 is 0 Å². The molecule has 0 radical (unpaired) electrons. The lowest BCUT2D eigenvalue weighted by Crippen LogP contribution is -2.24. The number of methoxy groups -OCH3 is 1. The van der Waals surface area contributed by atoms with E-state index in [0.717, 1.165) is 32.7 Å². The Balaban J connectivity index is 3.09. The fourth-order valence-electron chi connectivity index (χ4n) is 1.46. The van der Waals surface area contributed by atoms with Gasteiger partial charge in [-0.15, -0.1) is 0 Å². The monoisotopic (exact) mass is 232 g/mol. The fourth-order valence-corrected chi connectivity index (χ4v) is 1.46. The van der Waals surface area contributed by atoms with Gasteiger partial charge in [0.1, 0.15) is 0 Å². The zero-order chi connectivity index (χ0) is 12.1. The van der Waals surface area contributed by atoms with Crippen LogP contribution in [0.15, 0.2) is 0 Å². The summed E-state index contributed by atoms with van der Waals surface area (Å²) in [5, 5.41) is 0. The number of ether oxygens (including phenoxy) is 2. The first-order valence-electron chi connectivity index (χ1n) is 6.26. The van der Waals surface area contributed by atoms with Crippen molar-refractivity contribution in [1.29, 1.82) is 0 Å². The van der Waals surface area contributed by atoms with E-state index in [1.165, 1.54) is 19.3 Å². The van der Waals surface area contributed by atoms with E-state index in [4.69, 9.17) is 15.2 Å². The van der Waals surface area contributed by atoms with Crippen LogP contribution in [0.5, 0.6) is 0 Å². The lowest BCUT2D eigenvalue weighted by Gasteiger charge is -2.16. The Morgan fingerprint density at radius 3 is 2.38 bits per heavy atom. The Morgan fingerprint density at radius 1 is 0.938 bits per heavy atom. The van der Waals surface area contributed by atoms with Gasteiger partial charge in [-0.25, -0.2) is 0 Å². The molecule has 0 atom stereocenters. The number of hydrogen-bond acceptors (Lipinski definition) is 4. The molecule has 0 aromatic heterocycles. The van der Waals surface area contributed by atoms with Gasteiger partial charge >= 0.3 is 0 Å². The number of rotatable bonds is 12. The number of nitrogens with zero attached hydrogens (tertiary/aromatic N) is 1. The SMILES string of the molecule is COCCOCCN(C)CCCCCCN. The van der Waals surface area contributed by atoms with E-state index in [1.807, 2.05) is 0 Å². The van der Waals surface area contributed by atoms with Crippen molar-refractivity contribution < 1.29 is 9.47 Å². The minimum absolute atomic E-state index is 0.683. The molecule has 16 heavy (non-hydrogen) atoms. The molecule has 0 spiro atoms. The van der Waals surface area contributed by atoms with E-state index in [1.54, 1.807) is 7.11 Å². The van der Waals surface area contributed by atoms with Gasteiger partial charge < -0.3 is 20.1 Å². The molecule has 0 saturated carbocycles. The van der Waals surface area contributed by atoms with Gasteiger partial charge in [0.15, 0.2) is 0 Å². The maximum atomic E-state index is 5.44. The molecule has 98 valence electrons. The molecule has 0 aromatic carbocycles. The van der Waals surface area contributed by atoms with Crippen molar-refractivity contribution in [1.82, 2.24) is 4.90 Å². The first kappa shape index (κ1) is 15.8. The third-order valence-electron chi connectivity index (χ3n) is 2.54. The largest absolute Gasteiger partial charge is 0.382 e. The van der Waals surface area contributed by atoms with Gasteiger partial charge in [0.2, 0.25) is 0 Å². The Labute approximate surface area is 100 Å². The van der Waals surface area contributed by atoms with E-state index in [-0.39, 0.29) is 0 Å². The molecule has 0 amide bonds. The molecule has 0 heterocycles. The first-order valence-corrected chi connectivity index (χ1v) is 6.26. The molecule has 0 unspecified atom stereocenters. The van der Waals surface area contributed by atoms with Crippen LogP contribution in [0.4, 0.5) is 0 Å². The van der Waals surface area contributed by atoms with Crippen molar-refractivity contribution in [3.8, 4) is 0 Å². The van der Waals surface area contributed by atoms with E-state index in [2.05, 4.69) is 11.9 Å². The summed E-state index contributed by atoms with van der Waals surface area (Å²) in [6.45, 7) is 5.15. The number of unbranched alkanes of at least 4 members (excludes halogenated alkanes) is 3. The molecule has 0 fully saturated rings. The summed E-state index contributed by atoms with van der Waals surface area (Å²) in [6.07, 6.45) is 4.96. The summed E-state index contributed by atoms with van der Waals surface area (Å²) in [4.78, 5) is 2.31. The quantitative estimate of drug-likeness (QED) is 0.512. The summed E-state index contributed by atoms with van der Waals surface area (Å²) in [5.74, 6) is 0. The second-order valence-electron chi connectivity index (χ2n) is 4.11. The summed E-state index contributed by atoms with van der Waals surface area (Å²) in [6, 6.07) is 0. The summed E-state index contributed by atoms with van der Waals surface area (Å²) < 4.78 is 10.3. The van der Waals surface area contributed by atoms with Gasteiger partial charge in [-0.05, 0) is 33.0 Å². The van der Waals surface area contributed by atoms with Crippen LogP contribution in [0, 0.1) is 0 Å². The maximum absolute atomic E-state index is 5.44. The van der Waals surface area contributed by atoms with Crippen molar-refractivity contribution in [3.05, 3.63) is 0 Å². The molecule has 4 nitrogen and oxygen atoms in total. The van der Waals surface area contributed by atoms with Crippen LogP contribution in [0.3, 0.4) is 0 Å². The van der Waals surface area contributed by atoms with Gasteiger partial charge in [0.25, 0.3) is 0 Å². The molecule has 0 aliphatic heterocycles. The van der Waals surface area contributed by atoms with Crippen molar-refractivity contribution in [2.24, 2.45) is 5.73 Å². The lowest BCUT2D eigenvalue weighted by atomic mass is 10.2. The van der Waals surface area contributed by atoms with Gasteiger partial charge in [-0.2, -0.15) is 0 Å². The normalized spacial score (nSPS) is 11.2. The molecule has 4 heteroatoms. The van der Waals surface area contributed by atoms with Crippen LogP contribution in [0.1, 0.15) is 25.7 Å². The number of likely N-dealkylation sites (N-methyl/N-ethyl adjacent to an activating group) is 1. The second kappa shape index (κ2) is 12.9. The Kier molecular flexibility index (Phi) is 12.8. The van der Waals surface area contributed by atoms with Crippen LogP contribution in [-0.4, -0.2) is 58.5 Å². The molecule has 0 saturated heterocycles. The van der Waals surface area contributed by atoms with Crippen LogP contribution in [-0.2, 0) is 9.47 Å². The highest BCUT2D eigenvalue weighted by atomic mass is 16.5. The van der Waals surface area contributed by atoms with E-state index < -0.39 is 0 Å². The summed E-state index contributed by atoms with van der Waals surface area (Å²) in [5.41, 5.74) is 5.44. The van der Waals surface area contributed by atoms with Gasteiger partial charge in [-0.1, -0.05) is 12.8 Å². The molecule has 0 aliphatic rings. The second-order valence-corrected chi connectivity index (χ2v) is 4.11. The zero-order valence-electron chi connectivity index (χ0n) is 10.9. The topological polar surface area (TPSA) is 47.7 Å². The highest BCUT2D eigenvalue weighted by Crippen LogP contribution is 1.99. The Morgan fingerprint density at radius 2 is 1.69 bits per heavy atom. The molecular formula is C12H28N2O2. The van der Waals surface area contributed by atoms with Crippen molar-refractivity contribution in [2.45, 2.75) is 25.7 Å². The standard InChI is InChI=1S/C12H28N2O2/c1-14(8-6-4-3-5-7-13)9-10-16-12-11-15-2/h3-13H2,1-2H3. The Hall–Kier alpha value is -0.160. The highest BCUT2D eigenvalue weighted by molar-refractivity contribution is 4.52. The molecular weight excluding hydrogens is 204 g/mol. The Bertz CT molecular complexity index is 120. The van der Waals surface area contributed by atoms with Crippen molar-refractivity contribution in [3.63, 3.8) is 0 Å².